The molecule has 0 aliphatic heterocycles. The van der Waals surface area contributed by atoms with Crippen LogP contribution in [0.3, 0.4) is 0 Å². The Morgan fingerprint density at radius 3 is 3.29 bits per heavy atom. The summed E-state index contributed by atoms with van der Waals surface area (Å²) >= 11 is 1.71. The lowest BCUT2D eigenvalue weighted by Gasteiger charge is -2.00. The first kappa shape index (κ1) is 10.8. The Bertz CT molecular complexity index is 286. The quantitative estimate of drug-likeness (QED) is 0.530. The molecule has 76 valence electrons. The number of nitrogens with zero attached hydrogens (tertiary/aromatic N) is 2. The van der Waals surface area contributed by atoms with Crippen molar-refractivity contribution in [3.63, 3.8) is 0 Å². The van der Waals surface area contributed by atoms with Gasteiger partial charge in [-0.25, -0.2) is 4.98 Å². The van der Waals surface area contributed by atoms with Crippen LogP contribution < -0.4 is 5.32 Å². The Morgan fingerprint density at radius 2 is 2.64 bits per heavy atom. The van der Waals surface area contributed by atoms with Gasteiger partial charge in [0, 0.05) is 18.1 Å². The first-order valence-electron chi connectivity index (χ1n) is 4.17. The average molecular weight is 212 g/mol. The summed E-state index contributed by atoms with van der Waals surface area (Å²) in [6.07, 6.45) is 3.14. The molecule has 2 N–H and O–H groups in total. The third kappa shape index (κ3) is 3.61. The zero-order valence-electron chi connectivity index (χ0n) is 7.69. The zero-order valence-corrected chi connectivity index (χ0v) is 8.51. The Morgan fingerprint density at radius 1 is 1.79 bits per heavy atom. The van der Waals surface area contributed by atoms with Gasteiger partial charge >= 0.3 is 0 Å². The summed E-state index contributed by atoms with van der Waals surface area (Å²) in [5.41, 5.74) is 0. The second kappa shape index (κ2) is 6.20. The van der Waals surface area contributed by atoms with E-state index in [0.717, 1.165) is 11.5 Å². The number of rotatable bonds is 6. The predicted molar refractivity (Wildman–Crippen MR) is 56.2 cm³/mol. The maximum atomic E-state index is 11.3. The molecule has 5 nitrogen and oxygen atoms in total. The maximum absolute atomic E-state index is 11.3. The molecule has 0 spiro atoms. The largest absolute Gasteiger partial charge is 0.349 e. The van der Waals surface area contributed by atoms with Gasteiger partial charge in [-0.1, -0.05) is 6.08 Å². The van der Waals surface area contributed by atoms with Crippen molar-refractivity contribution in [2.45, 2.75) is 0 Å². The van der Waals surface area contributed by atoms with Crippen molar-refractivity contribution in [2.24, 2.45) is 0 Å². The van der Waals surface area contributed by atoms with Crippen molar-refractivity contribution in [1.82, 2.24) is 20.5 Å². The Labute approximate surface area is 86.4 Å². The fraction of sp³-hybridized carbons (Fsp3) is 0.375. The van der Waals surface area contributed by atoms with Crippen LogP contribution in [0.15, 0.2) is 19.0 Å². The van der Waals surface area contributed by atoms with Crippen LogP contribution in [0.1, 0.15) is 10.6 Å². The van der Waals surface area contributed by atoms with Crippen LogP contribution in [-0.4, -0.2) is 39.1 Å². The lowest BCUT2D eigenvalue weighted by Crippen LogP contribution is -2.26. The molecule has 0 unspecified atom stereocenters. The molecule has 1 amide bonds. The van der Waals surface area contributed by atoms with Gasteiger partial charge in [-0.2, -0.15) is 16.9 Å². The van der Waals surface area contributed by atoms with Crippen LogP contribution >= 0.6 is 11.8 Å². The summed E-state index contributed by atoms with van der Waals surface area (Å²) in [6, 6.07) is 0. The minimum atomic E-state index is -0.221. The van der Waals surface area contributed by atoms with E-state index in [0.29, 0.717) is 6.54 Å². The average Bonchev–Trinajstić information content (AvgIpc) is 2.70. The van der Waals surface area contributed by atoms with Gasteiger partial charge in [-0.05, 0) is 0 Å². The maximum Gasteiger partial charge on any atom is 0.288 e. The summed E-state index contributed by atoms with van der Waals surface area (Å²) in [5.74, 6) is 1.80. The number of nitrogens with one attached hydrogen (secondary N) is 2. The number of aromatic nitrogens is 3. The number of thioether (sulfide) groups is 1. The molecule has 14 heavy (non-hydrogen) atoms. The molecule has 0 saturated carbocycles. The highest BCUT2D eigenvalue weighted by Crippen LogP contribution is 1.97. The first-order chi connectivity index (χ1) is 6.84. The Hall–Kier alpha value is -1.30. The monoisotopic (exact) mass is 212 g/mol. The van der Waals surface area contributed by atoms with Gasteiger partial charge in [0.1, 0.15) is 6.33 Å². The lowest BCUT2D eigenvalue weighted by molar-refractivity contribution is 0.0946. The number of amides is 1. The minimum Gasteiger partial charge on any atom is -0.349 e. The van der Waals surface area contributed by atoms with Crippen LogP contribution in [0, 0.1) is 0 Å². The van der Waals surface area contributed by atoms with E-state index in [4.69, 9.17) is 0 Å². The third-order valence-electron chi connectivity index (χ3n) is 1.40. The van der Waals surface area contributed by atoms with E-state index < -0.39 is 0 Å². The summed E-state index contributed by atoms with van der Waals surface area (Å²) in [6.45, 7) is 4.23. The van der Waals surface area contributed by atoms with Crippen LogP contribution in [0.25, 0.3) is 0 Å². The molecule has 6 heteroatoms. The van der Waals surface area contributed by atoms with Gasteiger partial charge in [0.2, 0.25) is 5.82 Å². The second-order valence-corrected chi connectivity index (χ2v) is 3.60. The summed E-state index contributed by atoms with van der Waals surface area (Å²) < 4.78 is 0. The van der Waals surface area contributed by atoms with Gasteiger partial charge in [-0.3, -0.25) is 9.89 Å². The SMILES string of the molecule is C=CCSCCNC(=O)c1ncn[nH]1. The fourth-order valence-electron chi connectivity index (χ4n) is 0.802. The van der Waals surface area contributed by atoms with Gasteiger partial charge < -0.3 is 5.32 Å². The van der Waals surface area contributed by atoms with Gasteiger partial charge in [0.05, 0.1) is 0 Å². The van der Waals surface area contributed by atoms with Crippen LogP contribution in [0.2, 0.25) is 0 Å². The Balaban J connectivity index is 2.13. The molecule has 0 radical (unpaired) electrons. The van der Waals surface area contributed by atoms with Crippen molar-refractivity contribution in [2.75, 3.05) is 18.1 Å². The molecule has 0 aromatic carbocycles. The number of carbonyl (C=O) groups is 1. The van der Waals surface area contributed by atoms with Gasteiger partial charge in [-0.15, -0.1) is 6.58 Å². The van der Waals surface area contributed by atoms with E-state index in [9.17, 15) is 4.79 Å². The van der Waals surface area contributed by atoms with Crippen molar-refractivity contribution in [1.29, 1.82) is 0 Å². The first-order valence-corrected chi connectivity index (χ1v) is 5.32. The summed E-state index contributed by atoms with van der Waals surface area (Å²) in [5, 5.41) is 8.79. The number of carbonyl (C=O) groups excluding carboxylic acids is 1. The van der Waals surface area contributed by atoms with E-state index >= 15 is 0 Å². The molecule has 0 fully saturated rings. The lowest BCUT2D eigenvalue weighted by atomic mass is 10.5. The summed E-state index contributed by atoms with van der Waals surface area (Å²) in [7, 11) is 0. The normalized spacial score (nSPS) is 9.71. The molecule has 1 heterocycles. The highest BCUT2D eigenvalue weighted by molar-refractivity contribution is 7.99. The molecule has 0 aliphatic rings. The molecule has 0 bridgehead atoms. The van der Waals surface area contributed by atoms with E-state index in [1.165, 1.54) is 6.33 Å². The van der Waals surface area contributed by atoms with Gasteiger partial charge in [0.25, 0.3) is 5.91 Å². The molecule has 1 aromatic rings. The van der Waals surface area contributed by atoms with E-state index in [1.54, 1.807) is 11.8 Å². The smallest absolute Gasteiger partial charge is 0.288 e. The van der Waals surface area contributed by atoms with Crippen molar-refractivity contribution < 1.29 is 4.79 Å². The minimum absolute atomic E-state index is 0.221. The second-order valence-electron chi connectivity index (χ2n) is 2.45. The van der Waals surface area contributed by atoms with Crippen LogP contribution in [0.5, 0.6) is 0 Å². The molecule has 1 aromatic heterocycles. The predicted octanol–water partition coefficient (Wildman–Crippen LogP) is 0.454. The van der Waals surface area contributed by atoms with Crippen molar-refractivity contribution >= 4 is 17.7 Å². The molecular weight excluding hydrogens is 200 g/mol. The van der Waals surface area contributed by atoms with E-state index in [-0.39, 0.29) is 11.7 Å². The zero-order chi connectivity index (χ0) is 10.2. The van der Waals surface area contributed by atoms with Crippen molar-refractivity contribution in [3.05, 3.63) is 24.8 Å². The van der Waals surface area contributed by atoms with E-state index in [1.807, 2.05) is 6.08 Å². The highest BCUT2D eigenvalue weighted by atomic mass is 32.2. The molecule has 0 atom stereocenters. The molecule has 1 rings (SSSR count). The standard InChI is InChI=1S/C8H12N4OS/c1-2-4-14-5-3-9-8(13)7-10-6-11-12-7/h2,6H,1,3-5H2,(H,9,13)(H,10,11,12). The van der Waals surface area contributed by atoms with Crippen LogP contribution in [0.4, 0.5) is 0 Å². The highest BCUT2D eigenvalue weighted by Gasteiger charge is 2.06. The van der Waals surface area contributed by atoms with Gasteiger partial charge in [0.15, 0.2) is 0 Å². The number of aromatic amines is 1. The molecule has 0 saturated heterocycles. The third-order valence-corrected chi connectivity index (χ3v) is 2.36. The molecular formula is C8H12N4OS. The summed E-state index contributed by atoms with van der Waals surface area (Å²) in [4.78, 5) is 15.0. The number of H-pyrrole nitrogens is 1. The Kier molecular flexibility index (Phi) is 4.77. The number of hydrogen-bond donors (Lipinski definition) is 2. The number of hydrogen-bond acceptors (Lipinski definition) is 4. The fourth-order valence-corrected chi connectivity index (χ4v) is 1.38. The van der Waals surface area contributed by atoms with E-state index in [2.05, 4.69) is 27.1 Å². The van der Waals surface area contributed by atoms with Crippen LogP contribution in [-0.2, 0) is 0 Å². The van der Waals surface area contributed by atoms with Crippen molar-refractivity contribution in [3.8, 4) is 0 Å². The molecule has 0 aliphatic carbocycles. The topological polar surface area (TPSA) is 70.7 Å².